The molecular formula is C24H24F2N2O2. The van der Waals surface area contributed by atoms with Crippen LogP contribution in [0.3, 0.4) is 0 Å². The van der Waals surface area contributed by atoms with Crippen LogP contribution in [0.1, 0.15) is 35.7 Å². The molecule has 3 aromatic rings. The first-order valence-electron chi connectivity index (χ1n) is 9.64. The average Bonchev–Trinajstić information content (AvgIpc) is 2.78. The Bertz CT molecular complexity index is 978. The van der Waals surface area contributed by atoms with Crippen molar-refractivity contribution in [3.8, 4) is 5.75 Å². The van der Waals surface area contributed by atoms with E-state index < -0.39 is 11.6 Å². The molecule has 0 saturated carbocycles. The smallest absolute Gasteiger partial charge is 0.234 e. The summed E-state index contributed by atoms with van der Waals surface area (Å²) < 4.78 is 31.8. The zero-order chi connectivity index (χ0) is 21.5. The van der Waals surface area contributed by atoms with Gasteiger partial charge >= 0.3 is 0 Å². The largest absolute Gasteiger partial charge is 0.497 e. The maximum Gasteiger partial charge on any atom is 0.234 e. The number of benzene rings is 3. The Labute approximate surface area is 174 Å². The number of hydrogen-bond acceptors (Lipinski definition) is 3. The lowest BCUT2D eigenvalue weighted by atomic mass is 9.98. The Morgan fingerprint density at radius 2 is 1.53 bits per heavy atom. The topological polar surface area (TPSA) is 50.4 Å². The van der Waals surface area contributed by atoms with Crippen molar-refractivity contribution < 1.29 is 18.3 Å². The van der Waals surface area contributed by atoms with Gasteiger partial charge in [0.25, 0.3) is 0 Å². The summed E-state index contributed by atoms with van der Waals surface area (Å²) in [6.07, 6.45) is 0. The molecule has 3 aromatic carbocycles. The highest BCUT2D eigenvalue weighted by Gasteiger charge is 2.18. The zero-order valence-electron chi connectivity index (χ0n) is 16.9. The molecule has 0 heterocycles. The quantitative estimate of drug-likeness (QED) is 0.574. The number of ether oxygens (including phenoxy) is 1. The summed E-state index contributed by atoms with van der Waals surface area (Å²) in [5, 5.41) is 6.09. The van der Waals surface area contributed by atoms with Gasteiger partial charge in [-0.05, 0) is 47.9 Å². The predicted octanol–water partition coefficient (Wildman–Crippen LogP) is 4.53. The van der Waals surface area contributed by atoms with E-state index in [-0.39, 0.29) is 24.5 Å². The highest BCUT2D eigenvalue weighted by molar-refractivity contribution is 5.79. The van der Waals surface area contributed by atoms with Crippen molar-refractivity contribution in [2.45, 2.75) is 19.0 Å². The van der Waals surface area contributed by atoms with Crippen LogP contribution in [0, 0.1) is 11.6 Å². The van der Waals surface area contributed by atoms with Gasteiger partial charge in [0.1, 0.15) is 5.75 Å². The molecule has 30 heavy (non-hydrogen) atoms. The van der Waals surface area contributed by atoms with Crippen LogP contribution in [0.5, 0.6) is 5.75 Å². The Kier molecular flexibility index (Phi) is 7.14. The summed E-state index contributed by atoms with van der Waals surface area (Å²) in [5.74, 6) is -1.28. The summed E-state index contributed by atoms with van der Waals surface area (Å²) in [6, 6.07) is 20.2. The maximum absolute atomic E-state index is 13.4. The van der Waals surface area contributed by atoms with Gasteiger partial charge in [-0.3, -0.25) is 4.79 Å². The van der Waals surface area contributed by atoms with Crippen molar-refractivity contribution >= 4 is 5.91 Å². The Morgan fingerprint density at radius 1 is 0.900 bits per heavy atom. The van der Waals surface area contributed by atoms with Crippen molar-refractivity contribution in [2.24, 2.45) is 0 Å². The van der Waals surface area contributed by atoms with Gasteiger partial charge in [0, 0.05) is 6.04 Å². The van der Waals surface area contributed by atoms with Gasteiger partial charge in [-0.25, -0.2) is 8.78 Å². The van der Waals surface area contributed by atoms with Gasteiger partial charge < -0.3 is 15.4 Å². The third kappa shape index (κ3) is 5.42. The van der Waals surface area contributed by atoms with Crippen molar-refractivity contribution in [2.75, 3.05) is 13.7 Å². The molecule has 0 radical (unpaired) electrons. The van der Waals surface area contributed by atoms with Crippen molar-refractivity contribution in [1.29, 1.82) is 0 Å². The van der Waals surface area contributed by atoms with Gasteiger partial charge in [-0.1, -0.05) is 48.5 Å². The molecule has 0 aliphatic heterocycles. The highest BCUT2D eigenvalue weighted by atomic mass is 19.2. The fourth-order valence-corrected chi connectivity index (χ4v) is 3.16. The minimum Gasteiger partial charge on any atom is -0.497 e. The molecule has 0 saturated heterocycles. The molecular weight excluding hydrogens is 386 g/mol. The number of amides is 1. The van der Waals surface area contributed by atoms with Gasteiger partial charge in [0.05, 0.1) is 19.7 Å². The van der Waals surface area contributed by atoms with Crippen molar-refractivity contribution in [3.63, 3.8) is 0 Å². The van der Waals surface area contributed by atoms with E-state index in [4.69, 9.17) is 4.74 Å². The van der Waals surface area contributed by atoms with E-state index in [1.54, 1.807) is 14.0 Å². The fourth-order valence-electron chi connectivity index (χ4n) is 3.16. The number of carbonyl (C=O) groups is 1. The van der Waals surface area contributed by atoms with Gasteiger partial charge in [-0.15, -0.1) is 0 Å². The van der Waals surface area contributed by atoms with E-state index in [0.717, 1.165) is 29.0 Å². The summed E-state index contributed by atoms with van der Waals surface area (Å²) in [7, 11) is 1.60. The normalized spacial score (nSPS) is 12.8. The molecule has 0 spiro atoms. The van der Waals surface area contributed by atoms with E-state index in [1.165, 1.54) is 6.07 Å². The first kappa shape index (κ1) is 21.5. The molecule has 0 aliphatic carbocycles. The lowest BCUT2D eigenvalue weighted by Crippen LogP contribution is -2.37. The van der Waals surface area contributed by atoms with Gasteiger partial charge in [0.2, 0.25) is 5.91 Å². The average molecular weight is 410 g/mol. The molecule has 1 amide bonds. The fraction of sp³-hybridized carbons (Fsp3) is 0.208. The maximum atomic E-state index is 13.4. The minimum atomic E-state index is -0.908. The van der Waals surface area contributed by atoms with Gasteiger partial charge in [0.15, 0.2) is 11.6 Å². The Balaban J connectivity index is 1.69. The summed E-state index contributed by atoms with van der Waals surface area (Å²) in [6.45, 7) is 1.82. The van der Waals surface area contributed by atoms with Crippen LogP contribution in [0.15, 0.2) is 72.8 Å². The molecule has 2 atom stereocenters. The van der Waals surface area contributed by atoms with Gasteiger partial charge in [-0.2, -0.15) is 0 Å². The number of carbonyl (C=O) groups excluding carboxylic acids is 1. The van der Waals surface area contributed by atoms with Crippen LogP contribution < -0.4 is 15.4 Å². The van der Waals surface area contributed by atoms with E-state index >= 15 is 0 Å². The molecule has 2 N–H and O–H groups in total. The second kappa shape index (κ2) is 9.98. The van der Waals surface area contributed by atoms with Crippen LogP contribution >= 0.6 is 0 Å². The SMILES string of the molecule is COc1ccc([C@H](NC(=O)CN[C@@H](C)c2ccc(F)c(F)c2)c2ccccc2)cc1. The van der Waals surface area contributed by atoms with Crippen molar-refractivity contribution in [3.05, 3.63) is 101 Å². The van der Waals surface area contributed by atoms with Crippen LogP contribution in [0.2, 0.25) is 0 Å². The van der Waals surface area contributed by atoms with Crippen LogP contribution in [0.4, 0.5) is 8.78 Å². The molecule has 0 aromatic heterocycles. The predicted molar refractivity (Wildman–Crippen MR) is 112 cm³/mol. The minimum absolute atomic E-state index is 0.0274. The third-order valence-electron chi connectivity index (χ3n) is 4.90. The molecule has 0 bridgehead atoms. The highest BCUT2D eigenvalue weighted by Crippen LogP contribution is 2.24. The summed E-state index contributed by atoms with van der Waals surface area (Å²) >= 11 is 0. The van der Waals surface area contributed by atoms with E-state index in [1.807, 2.05) is 54.6 Å². The van der Waals surface area contributed by atoms with Crippen LogP contribution in [-0.4, -0.2) is 19.6 Å². The van der Waals surface area contributed by atoms with Crippen molar-refractivity contribution in [1.82, 2.24) is 10.6 Å². The molecule has 3 rings (SSSR count). The standard InChI is InChI=1S/C24H24F2N2O2/c1-16(19-10-13-21(25)22(26)14-19)27-15-23(29)28-24(17-6-4-3-5-7-17)18-8-11-20(30-2)12-9-18/h3-14,16,24,27H,15H2,1-2H3,(H,28,29)/t16-,24+/m0/s1. The number of halogens is 2. The molecule has 0 fully saturated rings. The number of methoxy groups -OCH3 is 1. The lowest BCUT2D eigenvalue weighted by molar-refractivity contribution is -0.120. The van der Waals surface area contributed by atoms with E-state index in [9.17, 15) is 13.6 Å². The first-order valence-corrected chi connectivity index (χ1v) is 9.64. The molecule has 156 valence electrons. The third-order valence-corrected chi connectivity index (χ3v) is 4.90. The van der Waals surface area contributed by atoms with E-state index in [2.05, 4.69) is 10.6 Å². The number of hydrogen-bond donors (Lipinski definition) is 2. The number of nitrogens with one attached hydrogen (secondary N) is 2. The molecule has 0 unspecified atom stereocenters. The van der Waals surface area contributed by atoms with E-state index in [0.29, 0.717) is 5.56 Å². The summed E-state index contributed by atoms with van der Waals surface area (Å²) in [4.78, 5) is 12.6. The Morgan fingerprint density at radius 3 is 2.17 bits per heavy atom. The monoisotopic (exact) mass is 410 g/mol. The second-order valence-corrected chi connectivity index (χ2v) is 6.96. The molecule has 0 aliphatic rings. The lowest BCUT2D eigenvalue weighted by Gasteiger charge is -2.21. The Hall–Kier alpha value is -3.25. The second-order valence-electron chi connectivity index (χ2n) is 6.96. The van der Waals surface area contributed by atoms with Crippen LogP contribution in [-0.2, 0) is 4.79 Å². The number of rotatable bonds is 8. The molecule has 4 nitrogen and oxygen atoms in total. The molecule has 6 heteroatoms. The zero-order valence-corrected chi connectivity index (χ0v) is 16.9. The first-order chi connectivity index (χ1) is 14.5. The van der Waals surface area contributed by atoms with Crippen LogP contribution in [0.25, 0.3) is 0 Å². The summed E-state index contributed by atoms with van der Waals surface area (Å²) in [5.41, 5.74) is 2.44.